The summed E-state index contributed by atoms with van der Waals surface area (Å²) < 4.78 is 11.4. The van der Waals surface area contributed by atoms with Gasteiger partial charge < -0.3 is 24.2 Å². The van der Waals surface area contributed by atoms with Crippen molar-refractivity contribution in [1.29, 1.82) is 0 Å². The van der Waals surface area contributed by atoms with Crippen LogP contribution < -0.4 is 0 Å². The smallest absolute Gasteiger partial charge is 0.253 e. The molecule has 0 atom stereocenters. The molecule has 8 heteroatoms. The second-order valence-corrected chi connectivity index (χ2v) is 7.41. The van der Waals surface area contributed by atoms with Crippen LogP contribution in [0.5, 0.6) is 0 Å². The van der Waals surface area contributed by atoms with Gasteiger partial charge in [-0.1, -0.05) is 6.07 Å². The highest BCUT2D eigenvalue weighted by atomic mass is 16.7. The summed E-state index contributed by atoms with van der Waals surface area (Å²) in [6.45, 7) is 4.45. The minimum absolute atomic E-state index is 0.0757. The van der Waals surface area contributed by atoms with Crippen LogP contribution in [0.1, 0.15) is 33.6 Å². The number of nitrogens with zero attached hydrogens (tertiary/aromatic N) is 3. The number of hydrogen-bond acceptors (Lipinski definition) is 5. The lowest BCUT2D eigenvalue weighted by Gasteiger charge is -2.37. The van der Waals surface area contributed by atoms with Crippen molar-refractivity contribution in [3.05, 3.63) is 35.4 Å². The first-order chi connectivity index (χ1) is 13.6. The summed E-state index contributed by atoms with van der Waals surface area (Å²) in [7, 11) is 0. The highest BCUT2D eigenvalue weighted by Crippen LogP contribution is 2.31. The van der Waals surface area contributed by atoms with Gasteiger partial charge in [0.2, 0.25) is 6.41 Å². The molecule has 150 valence electrons. The Morgan fingerprint density at radius 3 is 1.93 bits per heavy atom. The summed E-state index contributed by atoms with van der Waals surface area (Å²) in [6.07, 6.45) is 2.14. The highest BCUT2D eigenvalue weighted by molar-refractivity contribution is 5.99. The summed E-state index contributed by atoms with van der Waals surface area (Å²) in [6, 6.07) is 6.90. The maximum Gasteiger partial charge on any atom is 0.253 e. The van der Waals surface area contributed by atoms with E-state index in [0.29, 0.717) is 76.5 Å². The fourth-order valence-corrected chi connectivity index (χ4v) is 4.02. The van der Waals surface area contributed by atoms with Crippen molar-refractivity contribution >= 4 is 18.2 Å². The summed E-state index contributed by atoms with van der Waals surface area (Å²) >= 11 is 0. The van der Waals surface area contributed by atoms with Crippen LogP contribution in [0.3, 0.4) is 0 Å². The third-order valence-corrected chi connectivity index (χ3v) is 5.73. The minimum atomic E-state index is -0.516. The zero-order valence-corrected chi connectivity index (χ0v) is 15.8. The summed E-state index contributed by atoms with van der Waals surface area (Å²) in [5.74, 6) is -0.697. The predicted molar refractivity (Wildman–Crippen MR) is 99.8 cm³/mol. The van der Waals surface area contributed by atoms with Gasteiger partial charge in [0, 0.05) is 63.2 Å². The van der Waals surface area contributed by atoms with E-state index in [2.05, 4.69) is 0 Å². The Kier molecular flexibility index (Phi) is 5.32. The predicted octanol–water partition coefficient (Wildman–Crippen LogP) is 0.580. The molecule has 3 aliphatic heterocycles. The van der Waals surface area contributed by atoms with Crippen LogP contribution in [-0.4, -0.2) is 91.2 Å². The summed E-state index contributed by atoms with van der Waals surface area (Å²) in [5.41, 5.74) is 1.02. The van der Waals surface area contributed by atoms with Crippen molar-refractivity contribution in [2.24, 2.45) is 0 Å². The second kappa shape index (κ2) is 7.89. The van der Waals surface area contributed by atoms with Crippen molar-refractivity contribution in [1.82, 2.24) is 14.7 Å². The Labute approximate surface area is 164 Å². The Hall–Kier alpha value is -2.45. The molecule has 3 saturated heterocycles. The van der Waals surface area contributed by atoms with E-state index in [1.807, 2.05) is 0 Å². The molecule has 0 aromatic heterocycles. The quantitative estimate of drug-likeness (QED) is 0.709. The Morgan fingerprint density at radius 1 is 0.857 bits per heavy atom. The third-order valence-electron chi connectivity index (χ3n) is 5.73. The fraction of sp³-hybridized carbons (Fsp3) is 0.550. The number of amides is 3. The number of carbonyl (C=O) groups is 3. The normalized spacial score (nSPS) is 21.8. The molecule has 3 fully saturated rings. The second-order valence-electron chi connectivity index (χ2n) is 7.41. The largest absolute Gasteiger partial charge is 0.347 e. The van der Waals surface area contributed by atoms with Gasteiger partial charge >= 0.3 is 0 Å². The Balaban J connectivity index is 1.40. The van der Waals surface area contributed by atoms with Crippen molar-refractivity contribution in [2.75, 3.05) is 52.5 Å². The highest BCUT2D eigenvalue weighted by Gasteiger charge is 2.40. The maximum absolute atomic E-state index is 12.9. The number of piperazine rings is 1. The van der Waals surface area contributed by atoms with E-state index in [0.717, 1.165) is 6.41 Å². The van der Waals surface area contributed by atoms with Crippen LogP contribution in [0.15, 0.2) is 24.3 Å². The zero-order chi connectivity index (χ0) is 19.6. The van der Waals surface area contributed by atoms with Gasteiger partial charge in [0.25, 0.3) is 11.8 Å². The molecule has 3 aliphatic rings. The maximum atomic E-state index is 12.9. The molecule has 1 aromatic carbocycles. The monoisotopic (exact) mass is 387 g/mol. The van der Waals surface area contributed by atoms with Gasteiger partial charge in [-0.2, -0.15) is 0 Å². The van der Waals surface area contributed by atoms with E-state index in [1.165, 1.54) is 0 Å². The van der Waals surface area contributed by atoms with E-state index in [1.54, 1.807) is 39.0 Å². The van der Waals surface area contributed by atoms with Gasteiger partial charge in [-0.05, 0) is 18.2 Å². The number of hydrogen-bond donors (Lipinski definition) is 0. The molecule has 0 bridgehead atoms. The molecule has 3 heterocycles. The van der Waals surface area contributed by atoms with Crippen LogP contribution >= 0.6 is 0 Å². The number of ether oxygens (including phenoxy) is 2. The first-order valence-electron chi connectivity index (χ1n) is 9.76. The first-order valence-corrected chi connectivity index (χ1v) is 9.76. The topological polar surface area (TPSA) is 79.4 Å². The molecule has 28 heavy (non-hydrogen) atoms. The lowest BCUT2D eigenvalue weighted by molar-refractivity contribution is -0.181. The van der Waals surface area contributed by atoms with Gasteiger partial charge in [0.05, 0.1) is 13.2 Å². The van der Waals surface area contributed by atoms with Gasteiger partial charge in [0.1, 0.15) is 0 Å². The third kappa shape index (κ3) is 3.74. The molecular weight excluding hydrogens is 362 g/mol. The molecule has 1 spiro atoms. The van der Waals surface area contributed by atoms with Gasteiger partial charge in [-0.3, -0.25) is 14.4 Å². The number of benzene rings is 1. The molecule has 0 radical (unpaired) electrons. The van der Waals surface area contributed by atoms with E-state index in [9.17, 15) is 14.4 Å². The zero-order valence-electron chi connectivity index (χ0n) is 15.8. The molecule has 1 aromatic rings. The molecule has 0 aliphatic carbocycles. The average Bonchev–Trinajstić information content (AvgIpc) is 3.21. The molecule has 0 saturated carbocycles. The first kappa shape index (κ1) is 18.9. The average molecular weight is 387 g/mol. The molecule has 4 rings (SSSR count). The SMILES string of the molecule is O=CN1CCN(C(=O)c2cccc(C(=O)N3CCC4(CC3)OCCO4)c2)CC1. The van der Waals surface area contributed by atoms with Crippen LogP contribution in [-0.2, 0) is 14.3 Å². The van der Waals surface area contributed by atoms with E-state index in [-0.39, 0.29) is 11.8 Å². The van der Waals surface area contributed by atoms with Crippen molar-refractivity contribution in [2.45, 2.75) is 18.6 Å². The van der Waals surface area contributed by atoms with E-state index in [4.69, 9.17) is 9.47 Å². The standard InChI is InChI=1S/C20H25N3O5/c24-15-21-8-10-23(11-9-21)19(26)17-3-1-2-16(14-17)18(25)22-6-4-20(5-7-22)27-12-13-28-20/h1-3,14-15H,4-13H2. The van der Waals surface area contributed by atoms with Gasteiger partial charge in [-0.25, -0.2) is 0 Å². The van der Waals surface area contributed by atoms with Crippen LogP contribution in [0.4, 0.5) is 0 Å². The molecular formula is C20H25N3O5. The van der Waals surface area contributed by atoms with Crippen molar-refractivity contribution in [3.8, 4) is 0 Å². The Morgan fingerprint density at radius 2 is 1.39 bits per heavy atom. The van der Waals surface area contributed by atoms with Crippen LogP contribution in [0.2, 0.25) is 0 Å². The van der Waals surface area contributed by atoms with Crippen LogP contribution in [0.25, 0.3) is 0 Å². The molecule has 3 amide bonds. The number of likely N-dealkylation sites (tertiary alicyclic amines) is 1. The fourth-order valence-electron chi connectivity index (χ4n) is 4.02. The van der Waals surface area contributed by atoms with Crippen LogP contribution in [0, 0.1) is 0 Å². The van der Waals surface area contributed by atoms with Crippen molar-refractivity contribution in [3.63, 3.8) is 0 Å². The summed E-state index contributed by atoms with van der Waals surface area (Å²) in [5, 5.41) is 0. The molecule has 8 nitrogen and oxygen atoms in total. The number of rotatable bonds is 3. The van der Waals surface area contributed by atoms with Gasteiger partial charge in [-0.15, -0.1) is 0 Å². The molecule has 0 N–H and O–H groups in total. The van der Waals surface area contributed by atoms with Gasteiger partial charge in [0.15, 0.2) is 5.79 Å². The molecule has 0 unspecified atom stereocenters. The van der Waals surface area contributed by atoms with Crippen molar-refractivity contribution < 1.29 is 23.9 Å². The van der Waals surface area contributed by atoms with E-state index < -0.39 is 5.79 Å². The lowest BCUT2D eigenvalue weighted by atomic mass is 10.0. The number of piperidine rings is 1. The van der Waals surface area contributed by atoms with E-state index >= 15 is 0 Å². The summed E-state index contributed by atoms with van der Waals surface area (Å²) in [4.78, 5) is 41.7. The Bertz CT molecular complexity index is 744. The number of carbonyl (C=O) groups excluding carboxylic acids is 3. The minimum Gasteiger partial charge on any atom is -0.347 e. The lowest BCUT2D eigenvalue weighted by Crippen LogP contribution is -2.48.